The number of hydrogen-bond acceptors (Lipinski definition) is 6. The van der Waals surface area contributed by atoms with E-state index in [4.69, 9.17) is 5.14 Å². The molecule has 4 rings (SSSR count). The van der Waals surface area contributed by atoms with E-state index in [0.717, 1.165) is 30.2 Å². The number of primary sulfonamides is 1. The first-order chi connectivity index (χ1) is 14.5. The second-order valence-electron chi connectivity index (χ2n) is 8.03. The van der Waals surface area contributed by atoms with E-state index in [0.29, 0.717) is 11.7 Å². The molecule has 1 amide bonds. The quantitative estimate of drug-likeness (QED) is 0.722. The van der Waals surface area contributed by atoms with Crippen molar-refractivity contribution >= 4 is 27.4 Å². The van der Waals surface area contributed by atoms with Gasteiger partial charge in [0.25, 0.3) is 21.9 Å². The predicted molar refractivity (Wildman–Crippen MR) is 111 cm³/mol. The Balaban J connectivity index is 1.67. The molecule has 1 aliphatic carbocycles. The number of aromatic nitrogens is 2. The van der Waals surface area contributed by atoms with E-state index in [1.807, 2.05) is 6.92 Å². The molecule has 0 bridgehead atoms. The summed E-state index contributed by atoms with van der Waals surface area (Å²) >= 11 is 0. The van der Waals surface area contributed by atoms with Gasteiger partial charge in [0.1, 0.15) is 5.82 Å². The second kappa shape index (κ2) is 7.79. The molecule has 2 aromatic heterocycles. The van der Waals surface area contributed by atoms with Crippen molar-refractivity contribution in [2.45, 2.75) is 49.5 Å². The van der Waals surface area contributed by atoms with Gasteiger partial charge in [-0.3, -0.25) is 4.79 Å². The van der Waals surface area contributed by atoms with Crippen LogP contribution in [0.1, 0.15) is 53.2 Å². The third-order valence-electron chi connectivity index (χ3n) is 5.57. The van der Waals surface area contributed by atoms with Gasteiger partial charge < -0.3 is 10.2 Å². The van der Waals surface area contributed by atoms with Crippen LogP contribution < -0.4 is 15.4 Å². The van der Waals surface area contributed by atoms with Crippen LogP contribution in [-0.4, -0.2) is 43.3 Å². The van der Waals surface area contributed by atoms with Gasteiger partial charge in [0, 0.05) is 49.6 Å². The molecule has 166 valence electrons. The summed E-state index contributed by atoms with van der Waals surface area (Å²) < 4.78 is 50.4. The van der Waals surface area contributed by atoms with Crippen molar-refractivity contribution in [3.63, 3.8) is 0 Å². The van der Waals surface area contributed by atoms with E-state index in [-0.39, 0.29) is 42.2 Å². The van der Waals surface area contributed by atoms with Crippen LogP contribution >= 0.6 is 0 Å². The fourth-order valence-corrected chi connectivity index (χ4v) is 4.21. The monoisotopic (exact) mass is 451 g/mol. The van der Waals surface area contributed by atoms with Crippen molar-refractivity contribution in [3.8, 4) is 0 Å². The Bertz CT molecular complexity index is 1130. The Morgan fingerprint density at radius 1 is 1.26 bits per heavy atom. The molecule has 31 heavy (non-hydrogen) atoms. The smallest absolute Gasteiger partial charge is 0.259 e. The number of sulfonamides is 1. The SMILES string of the molecule is Cc1nc(N2CCC(F)(F)CC2)c(C(=O)Nc2ccnc(S(N)(=O)=O)c2)cc1C1CC1. The van der Waals surface area contributed by atoms with Crippen molar-refractivity contribution < 1.29 is 22.0 Å². The summed E-state index contributed by atoms with van der Waals surface area (Å²) in [5.74, 6) is -2.53. The average Bonchev–Trinajstić information content (AvgIpc) is 3.52. The number of rotatable bonds is 5. The van der Waals surface area contributed by atoms with Crippen molar-refractivity contribution in [1.82, 2.24) is 9.97 Å². The molecule has 8 nitrogen and oxygen atoms in total. The van der Waals surface area contributed by atoms with Crippen LogP contribution in [0.15, 0.2) is 29.4 Å². The maximum atomic E-state index is 13.6. The molecule has 3 N–H and O–H groups in total. The minimum atomic E-state index is -4.03. The van der Waals surface area contributed by atoms with Gasteiger partial charge in [-0.25, -0.2) is 32.3 Å². The van der Waals surface area contributed by atoms with E-state index < -0.39 is 21.9 Å². The average molecular weight is 451 g/mol. The van der Waals surface area contributed by atoms with Gasteiger partial charge in [0.2, 0.25) is 0 Å². The van der Waals surface area contributed by atoms with Crippen LogP contribution in [0, 0.1) is 6.92 Å². The highest BCUT2D eigenvalue weighted by atomic mass is 32.2. The van der Waals surface area contributed by atoms with Crippen LogP contribution in [0.3, 0.4) is 0 Å². The van der Waals surface area contributed by atoms with Gasteiger partial charge in [-0.2, -0.15) is 0 Å². The molecule has 1 saturated heterocycles. The van der Waals surface area contributed by atoms with Crippen molar-refractivity contribution in [1.29, 1.82) is 0 Å². The summed E-state index contributed by atoms with van der Waals surface area (Å²) in [6.45, 7) is 2.04. The number of piperidine rings is 1. The fraction of sp³-hybridized carbons (Fsp3) is 0.450. The summed E-state index contributed by atoms with van der Waals surface area (Å²) in [5.41, 5.74) is 2.23. The maximum Gasteiger partial charge on any atom is 0.259 e. The Morgan fingerprint density at radius 2 is 1.94 bits per heavy atom. The third-order valence-corrected chi connectivity index (χ3v) is 6.38. The molecule has 0 spiro atoms. The largest absolute Gasteiger partial charge is 0.355 e. The number of halogens is 2. The predicted octanol–water partition coefficient (Wildman–Crippen LogP) is 2.80. The highest BCUT2D eigenvalue weighted by Gasteiger charge is 2.36. The summed E-state index contributed by atoms with van der Waals surface area (Å²) in [7, 11) is -4.03. The molecule has 0 radical (unpaired) electrons. The number of anilines is 2. The fourth-order valence-electron chi connectivity index (χ4n) is 3.71. The number of nitrogens with two attached hydrogens (primary N) is 1. The lowest BCUT2D eigenvalue weighted by Crippen LogP contribution is -2.40. The number of carbonyl (C=O) groups excluding carboxylic acids is 1. The third kappa shape index (κ3) is 4.82. The Morgan fingerprint density at radius 3 is 2.55 bits per heavy atom. The number of hydrogen-bond donors (Lipinski definition) is 2. The molecule has 11 heteroatoms. The molecular weight excluding hydrogens is 428 g/mol. The zero-order valence-electron chi connectivity index (χ0n) is 16.9. The number of nitrogens with zero attached hydrogens (tertiary/aromatic N) is 3. The van der Waals surface area contributed by atoms with Gasteiger partial charge in [-0.1, -0.05) is 0 Å². The topological polar surface area (TPSA) is 118 Å². The van der Waals surface area contributed by atoms with Crippen molar-refractivity contribution in [2.75, 3.05) is 23.3 Å². The number of alkyl halides is 2. The minimum Gasteiger partial charge on any atom is -0.355 e. The highest BCUT2D eigenvalue weighted by Crippen LogP contribution is 2.43. The first-order valence-electron chi connectivity index (χ1n) is 9.98. The molecule has 0 atom stereocenters. The van der Waals surface area contributed by atoms with Gasteiger partial charge >= 0.3 is 0 Å². The number of carbonyl (C=O) groups is 1. The number of amides is 1. The summed E-state index contributed by atoms with van der Waals surface area (Å²) in [5, 5.41) is 7.39. The summed E-state index contributed by atoms with van der Waals surface area (Å²) in [6, 6.07) is 4.38. The lowest BCUT2D eigenvalue weighted by molar-refractivity contribution is -0.0221. The minimum absolute atomic E-state index is 0.0906. The van der Waals surface area contributed by atoms with E-state index >= 15 is 0 Å². The Hall–Kier alpha value is -2.66. The van der Waals surface area contributed by atoms with E-state index in [9.17, 15) is 22.0 Å². The van der Waals surface area contributed by atoms with Crippen molar-refractivity contribution in [3.05, 3.63) is 41.2 Å². The lowest BCUT2D eigenvalue weighted by Gasteiger charge is -2.33. The maximum absolute atomic E-state index is 13.6. The zero-order valence-corrected chi connectivity index (χ0v) is 17.8. The molecule has 1 aliphatic heterocycles. The Labute approximate surface area is 178 Å². The van der Waals surface area contributed by atoms with Crippen LogP contribution in [-0.2, 0) is 10.0 Å². The highest BCUT2D eigenvalue weighted by molar-refractivity contribution is 7.89. The second-order valence-corrected chi connectivity index (χ2v) is 9.54. The van der Waals surface area contributed by atoms with Crippen LogP contribution in [0.2, 0.25) is 0 Å². The van der Waals surface area contributed by atoms with Crippen LogP contribution in [0.5, 0.6) is 0 Å². The van der Waals surface area contributed by atoms with Crippen molar-refractivity contribution in [2.24, 2.45) is 5.14 Å². The van der Waals surface area contributed by atoms with Gasteiger partial charge in [-0.15, -0.1) is 0 Å². The first-order valence-corrected chi connectivity index (χ1v) is 11.5. The molecule has 2 aliphatic rings. The Kier molecular flexibility index (Phi) is 5.42. The summed E-state index contributed by atoms with van der Waals surface area (Å²) in [6.07, 6.45) is 2.65. The normalized spacial score (nSPS) is 18.6. The molecule has 2 fully saturated rings. The lowest BCUT2D eigenvalue weighted by atomic mass is 10.0. The zero-order chi connectivity index (χ0) is 22.4. The molecule has 0 aromatic carbocycles. The molecule has 0 unspecified atom stereocenters. The first kappa shape index (κ1) is 21.6. The van der Waals surface area contributed by atoms with E-state index in [1.54, 1.807) is 11.0 Å². The number of aryl methyl sites for hydroxylation is 1. The van der Waals surface area contributed by atoms with E-state index in [1.165, 1.54) is 12.3 Å². The van der Waals surface area contributed by atoms with E-state index in [2.05, 4.69) is 15.3 Å². The van der Waals surface area contributed by atoms with Gasteiger partial charge in [-0.05, 0) is 43.4 Å². The number of pyridine rings is 2. The molecule has 1 saturated carbocycles. The molecule has 2 aromatic rings. The summed E-state index contributed by atoms with van der Waals surface area (Å²) in [4.78, 5) is 23.2. The standard InChI is InChI=1S/C20H23F2N5O3S/c1-12-15(13-2-3-13)11-16(18(25-12)27-8-5-20(21,22)6-9-27)19(28)26-14-4-7-24-17(10-14)31(23,29)30/h4,7,10-11,13H,2-3,5-6,8-9H2,1H3,(H2,23,29,30)(H,24,26,28). The van der Waals surface area contributed by atoms with Crippen LogP contribution in [0.25, 0.3) is 0 Å². The van der Waals surface area contributed by atoms with Gasteiger partial charge in [0.05, 0.1) is 5.56 Å². The molecular formula is C20H23F2N5O3S. The van der Waals surface area contributed by atoms with Gasteiger partial charge in [0.15, 0.2) is 5.03 Å². The molecule has 3 heterocycles. The number of nitrogens with one attached hydrogen (secondary N) is 1. The van der Waals surface area contributed by atoms with Crippen LogP contribution in [0.4, 0.5) is 20.3 Å².